The average Bonchev–Trinajstić information content (AvgIpc) is 3.38. The van der Waals surface area contributed by atoms with Gasteiger partial charge in [-0.1, -0.05) is 17.7 Å². The quantitative estimate of drug-likeness (QED) is 0.439. The maximum absolute atomic E-state index is 13.9. The third kappa shape index (κ3) is 3.34. The second-order valence-electron chi connectivity index (χ2n) is 11.8. The fourth-order valence-electron chi connectivity index (χ4n) is 7.95. The zero-order valence-corrected chi connectivity index (χ0v) is 20.6. The van der Waals surface area contributed by atoms with Crippen molar-refractivity contribution in [2.45, 2.75) is 63.6 Å². The van der Waals surface area contributed by atoms with Crippen LogP contribution in [0.15, 0.2) is 29.5 Å². The molecule has 4 bridgehead atoms. The Hall–Kier alpha value is -1.96. The lowest BCUT2D eigenvalue weighted by atomic mass is 9.48. The maximum Gasteiger partial charge on any atom is 0.309 e. The highest BCUT2D eigenvalue weighted by molar-refractivity contribution is 6.29. The second kappa shape index (κ2) is 7.77. The van der Waals surface area contributed by atoms with Gasteiger partial charge in [-0.2, -0.15) is 0 Å². The predicted molar refractivity (Wildman–Crippen MR) is 128 cm³/mol. The third-order valence-electron chi connectivity index (χ3n) is 9.48. The van der Waals surface area contributed by atoms with Crippen molar-refractivity contribution in [1.82, 2.24) is 20.5 Å². The van der Waals surface area contributed by atoms with Crippen molar-refractivity contribution in [3.63, 3.8) is 0 Å². The molecule has 2 aliphatic heterocycles. The van der Waals surface area contributed by atoms with E-state index in [4.69, 9.17) is 11.6 Å². The van der Waals surface area contributed by atoms with E-state index < -0.39 is 16.9 Å². The van der Waals surface area contributed by atoms with Gasteiger partial charge in [-0.15, -0.1) is 0 Å². The summed E-state index contributed by atoms with van der Waals surface area (Å²) in [7, 11) is 0. The maximum atomic E-state index is 13.9. The van der Waals surface area contributed by atoms with E-state index in [1.54, 1.807) is 0 Å². The van der Waals surface area contributed by atoms with Crippen molar-refractivity contribution >= 4 is 23.5 Å². The molecule has 7 nitrogen and oxygen atoms in total. The molecule has 1 aromatic rings. The van der Waals surface area contributed by atoms with E-state index in [-0.39, 0.29) is 29.8 Å². The molecule has 3 unspecified atom stereocenters. The largest absolute Gasteiger partial charge is 0.481 e. The van der Waals surface area contributed by atoms with Gasteiger partial charge < -0.3 is 15.7 Å². The number of aliphatic carboxylic acids is 1. The topological polar surface area (TPSA) is 94.6 Å². The molecule has 3 atom stereocenters. The summed E-state index contributed by atoms with van der Waals surface area (Å²) in [5.41, 5.74) is 2.46. The molecular weight excluding hydrogens is 452 g/mol. The van der Waals surface area contributed by atoms with E-state index in [1.807, 2.05) is 32.2 Å². The van der Waals surface area contributed by atoms with Gasteiger partial charge in [0, 0.05) is 31.9 Å². The number of nitrogens with zero attached hydrogens (tertiary/aromatic N) is 2. The first-order valence-corrected chi connectivity index (χ1v) is 12.9. The van der Waals surface area contributed by atoms with Gasteiger partial charge in [0.25, 0.3) is 0 Å². The summed E-state index contributed by atoms with van der Waals surface area (Å²) in [5, 5.41) is 17.3. The number of rotatable bonds is 5. The van der Waals surface area contributed by atoms with Crippen molar-refractivity contribution < 1.29 is 14.7 Å². The molecule has 4 saturated carbocycles. The average molecular weight is 485 g/mol. The number of amides is 1. The summed E-state index contributed by atoms with van der Waals surface area (Å²) in [6.07, 6.45) is 6.13. The lowest BCUT2D eigenvalue weighted by Gasteiger charge is -2.58. The summed E-state index contributed by atoms with van der Waals surface area (Å²) >= 11 is 6.05. The van der Waals surface area contributed by atoms with Gasteiger partial charge in [0.2, 0.25) is 5.91 Å². The molecule has 3 heterocycles. The molecule has 8 heteroatoms. The van der Waals surface area contributed by atoms with Crippen LogP contribution < -0.4 is 10.6 Å². The summed E-state index contributed by atoms with van der Waals surface area (Å²) in [6, 6.07) is 3.90. The van der Waals surface area contributed by atoms with Crippen molar-refractivity contribution in [1.29, 1.82) is 0 Å². The Morgan fingerprint density at radius 1 is 1.21 bits per heavy atom. The van der Waals surface area contributed by atoms with Crippen LogP contribution in [0.4, 0.5) is 0 Å². The Morgan fingerprint density at radius 2 is 1.94 bits per heavy atom. The summed E-state index contributed by atoms with van der Waals surface area (Å²) < 4.78 is 0. The molecule has 6 aliphatic rings. The standard InChI is InChI=1S/C26H33ClN4O3/c1-25(2,31-13-18-10-28-12-19(18)22(31)15-3-4-20(27)29-11-15)23(32)30-21-16-5-14-6-17(21)9-26(7-14,8-16)24(33)34/h3-4,11,14,16-17,21-22,28H,5-10,12-13H2,1-2H3,(H,30,32)(H,33,34). The number of pyridine rings is 1. The predicted octanol–water partition coefficient (Wildman–Crippen LogP) is 3.17. The number of aromatic nitrogens is 1. The van der Waals surface area contributed by atoms with Crippen LogP contribution in [0.2, 0.25) is 5.15 Å². The molecule has 3 N–H and O–H groups in total. The zero-order chi connectivity index (χ0) is 23.8. The van der Waals surface area contributed by atoms with Gasteiger partial charge in [0.15, 0.2) is 0 Å². The fraction of sp³-hybridized carbons (Fsp3) is 0.654. The Kier molecular flexibility index (Phi) is 5.14. The normalized spacial score (nSPS) is 36.7. The first-order valence-electron chi connectivity index (χ1n) is 12.5. The van der Waals surface area contributed by atoms with Crippen LogP contribution in [0.25, 0.3) is 0 Å². The number of carbonyl (C=O) groups is 2. The van der Waals surface area contributed by atoms with Gasteiger partial charge in [-0.25, -0.2) is 4.98 Å². The number of carboxylic acid groups (broad SMARTS) is 1. The Labute approximate surface area is 205 Å². The highest BCUT2D eigenvalue weighted by Crippen LogP contribution is 2.60. The summed E-state index contributed by atoms with van der Waals surface area (Å²) in [6.45, 7) is 6.46. The molecule has 4 aliphatic carbocycles. The SMILES string of the molecule is CC(C)(C(=O)NC1C2CC3CC1CC(C(=O)O)(C3)C2)N1CC2=C(CNC2)C1c1ccc(Cl)nc1. The monoisotopic (exact) mass is 484 g/mol. The molecule has 0 aromatic carbocycles. The molecular formula is C26H33ClN4O3. The van der Waals surface area contributed by atoms with Crippen LogP contribution in [0.1, 0.15) is 57.6 Å². The molecule has 0 saturated heterocycles. The Bertz CT molecular complexity index is 1050. The lowest BCUT2D eigenvalue weighted by Crippen LogP contribution is -2.64. The number of halogens is 1. The van der Waals surface area contributed by atoms with Crippen LogP contribution in [0.5, 0.6) is 0 Å². The molecule has 0 radical (unpaired) electrons. The molecule has 1 amide bonds. The molecule has 182 valence electrons. The summed E-state index contributed by atoms with van der Waals surface area (Å²) in [4.78, 5) is 32.6. The molecule has 7 rings (SSSR count). The first kappa shape index (κ1) is 22.5. The van der Waals surface area contributed by atoms with Gasteiger partial charge in [0.05, 0.1) is 17.0 Å². The van der Waals surface area contributed by atoms with Crippen LogP contribution in [-0.2, 0) is 9.59 Å². The van der Waals surface area contributed by atoms with Crippen LogP contribution in [0, 0.1) is 23.2 Å². The minimum atomic E-state index is -0.728. The number of nitrogens with one attached hydrogen (secondary N) is 2. The Morgan fingerprint density at radius 3 is 2.59 bits per heavy atom. The van der Waals surface area contributed by atoms with E-state index in [0.29, 0.717) is 23.9 Å². The van der Waals surface area contributed by atoms with Gasteiger partial charge in [-0.05, 0) is 86.5 Å². The first-order chi connectivity index (χ1) is 16.2. The van der Waals surface area contributed by atoms with Crippen molar-refractivity contribution in [3.8, 4) is 0 Å². The zero-order valence-electron chi connectivity index (χ0n) is 19.8. The van der Waals surface area contributed by atoms with E-state index in [2.05, 4.69) is 20.5 Å². The molecule has 0 spiro atoms. The highest BCUT2D eigenvalue weighted by atomic mass is 35.5. The highest BCUT2D eigenvalue weighted by Gasteiger charge is 2.59. The van der Waals surface area contributed by atoms with Gasteiger partial charge in [0.1, 0.15) is 5.15 Å². The van der Waals surface area contributed by atoms with Crippen LogP contribution in [-0.4, -0.2) is 58.1 Å². The van der Waals surface area contributed by atoms with Gasteiger partial charge >= 0.3 is 5.97 Å². The van der Waals surface area contributed by atoms with Crippen LogP contribution >= 0.6 is 11.6 Å². The minimum absolute atomic E-state index is 0.00991. The van der Waals surface area contributed by atoms with E-state index >= 15 is 0 Å². The van der Waals surface area contributed by atoms with Gasteiger partial charge in [-0.3, -0.25) is 14.5 Å². The third-order valence-corrected chi connectivity index (χ3v) is 9.70. The molecule has 34 heavy (non-hydrogen) atoms. The summed E-state index contributed by atoms with van der Waals surface area (Å²) in [5.74, 6) is 0.432. The number of carbonyl (C=O) groups excluding carboxylic acids is 1. The lowest BCUT2D eigenvalue weighted by molar-refractivity contribution is -0.168. The number of hydrogen-bond acceptors (Lipinski definition) is 5. The van der Waals surface area contributed by atoms with E-state index in [1.165, 1.54) is 11.1 Å². The van der Waals surface area contributed by atoms with Crippen molar-refractivity contribution in [2.24, 2.45) is 23.2 Å². The van der Waals surface area contributed by atoms with Crippen molar-refractivity contribution in [3.05, 3.63) is 40.2 Å². The smallest absolute Gasteiger partial charge is 0.309 e. The number of carboxylic acids is 1. The Balaban J connectivity index is 1.24. The van der Waals surface area contributed by atoms with Crippen LogP contribution in [0.3, 0.4) is 0 Å². The number of hydrogen-bond donors (Lipinski definition) is 3. The minimum Gasteiger partial charge on any atom is -0.481 e. The molecule has 4 fully saturated rings. The second-order valence-corrected chi connectivity index (χ2v) is 12.2. The fourth-order valence-corrected chi connectivity index (χ4v) is 8.06. The van der Waals surface area contributed by atoms with E-state index in [9.17, 15) is 14.7 Å². The van der Waals surface area contributed by atoms with Crippen molar-refractivity contribution in [2.75, 3.05) is 19.6 Å². The van der Waals surface area contributed by atoms with E-state index in [0.717, 1.165) is 44.5 Å². The molecule has 1 aromatic heterocycles.